The Kier molecular flexibility index (Phi) is 7.96. The number of carbonyl (C=O) groups is 2. The first-order chi connectivity index (χ1) is 17.0. The van der Waals surface area contributed by atoms with Crippen LogP contribution >= 0.6 is 11.8 Å². The number of methoxy groups -OCH3 is 1. The van der Waals surface area contributed by atoms with Gasteiger partial charge >= 0.3 is 5.97 Å². The molecule has 1 heterocycles. The zero-order valence-electron chi connectivity index (χ0n) is 20.0. The maximum Gasteiger partial charge on any atom is 0.315 e. The van der Waals surface area contributed by atoms with E-state index >= 15 is 4.39 Å². The summed E-state index contributed by atoms with van der Waals surface area (Å²) in [4.78, 5) is 26.8. The molecule has 3 atom stereocenters. The van der Waals surface area contributed by atoms with Crippen LogP contribution in [0, 0.1) is 11.7 Å². The molecule has 0 amide bonds. The molecule has 2 aliphatic rings. The van der Waals surface area contributed by atoms with E-state index in [1.165, 1.54) is 6.07 Å². The summed E-state index contributed by atoms with van der Waals surface area (Å²) in [6.07, 6.45) is 0.771. The highest BCUT2D eigenvalue weighted by molar-refractivity contribution is 7.99. The molecule has 7 heteroatoms. The van der Waals surface area contributed by atoms with E-state index < -0.39 is 23.6 Å². The lowest BCUT2D eigenvalue weighted by molar-refractivity contribution is -0.147. The first-order valence-electron chi connectivity index (χ1n) is 11.8. The van der Waals surface area contributed by atoms with Crippen molar-refractivity contribution in [2.45, 2.75) is 31.6 Å². The van der Waals surface area contributed by atoms with E-state index in [0.717, 1.165) is 17.1 Å². The third-order valence-corrected chi connectivity index (χ3v) is 7.45. The van der Waals surface area contributed by atoms with Gasteiger partial charge in [0.1, 0.15) is 24.1 Å². The largest absolute Gasteiger partial charge is 0.496 e. The van der Waals surface area contributed by atoms with Crippen LogP contribution in [0.4, 0.5) is 4.39 Å². The third kappa shape index (κ3) is 5.15. The van der Waals surface area contributed by atoms with Crippen molar-refractivity contribution in [3.05, 3.63) is 89.0 Å². The van der Waals surface area contributed by atoms with Crippen LogP contribution in [0.1, 0.15) is 42.7 Å². The molecule has 1 aliphatic carbocycles. The van der Waals surface area contributed by atoms with Crippen molar-refractivity contribution in [1.29, 1.82) is 0 Å². The monoisotopic (exact) mass is 495 g/mol. The summed E-state index contributed by atoms with van der Waals surface area (Å²) >= 11 is 1.67. The number of allylic oxidation sites excluding steroid dienone is 2. The molecule has 0 saturated carbocycles. The highest BCUT2D eigenvalue weighted by atomic mass is 32.2. The normalized spacial score (nSPS) is 21.9. The van der Waals surface area contributed by atoms with Crippen molar-refractivity contribution in [2.24, 2.45) is 5.92 Å². The SMILES string of the molecule is C=C1NC2=C(C(=O)CC(c3ccccc3OC)C2)C(c2ccccc2F)C1C(=O)OCCSCC. The van der Waals surface area contributed by atoms with Crippen molar-refractivity contribution in [1.82, 2.24) is 5.32 Å². The number of para-hydroxylation sites is 1. The van der Waals surface area contributed by atoms with Gasteiger partial charge < -0.3 is 14.8 Å². The molecule has 2 aromatic rings. The number of thioether (sulfide) groups is 1. The maximum atomic E-state index is 15.1. The highest BCUT2D eigenvalue weighted by Crippen LogP contribution is 2.48. The van der Waals surface area contributed by atoms with E-state index in [9.17, 15) is 9.59 Å². The van der Waals surface area contributed by atoms with E-state index in [4.69, 9.17) is 9.47 Å². The number of hydrogen-bond donors (Lipinski definition) is 1. The summed E-state index contributed by atoms with van der Waals surface area (Å²) in [6.45, 7) is 6.39. The predicted molar refractivity (Wildman–Crippen MR) is 136 cm³/mol. The van der Waals surface area contributed by atoms with Gasteiger partial charge in [-0.25, -0.2) is 4.39 Å². The Morgan fingerprint density at radius 2 is 1.86 bits per heavy atom. The summed E-state index contributed by atoms with van der Waals surface area (Å²) in [5.74, 6) is -0.555. The fraction of sp³-hybridized carbons (Fsp3) is 0.357. The quantitative estimate of drug-likeness (QED) is 0.394. The number of carbonyl (C=O) groups excluding carboxylic acids is 2. The summed E-state index contributed by atoms with van der Waals surface area (Å²) < 4.78 is 26.1. The lowest BCUT2D eigenvalue weighted by Gasteiger charge is -2.40. The zero-order chi connectivity index (χ0) is 24.9. The summed E-state index contributed by atoms with van der Waals surface area (Å²) in [5, 5.41) is 3.23. The molecule has 1 N–H and O–H groups in total. The van der Waals surface area contributed by atoms with Crippen LogP contribution in [0.2, 0.25) is 0 Å². The fourth-order valence-electron chi connectivity index (χ4n) is 5.05. The highest BCUT2D eigenvalue weighted by Gasteiger charge is 2.46. The topological polar surface area (TPSA) is 64.6 Å². The number of Topliss-reactive ketones (excluding diaryl/α,β-unsaturated/α-hetero) is 1. The average molecular weight is 496 g/mol. The van der Waals surface area contributed by atoms with Crippen molar-refractivity contribution in [3.8, 4) is 5.75 Å². The van der Waals surface area contributed by atoms with Gasteiger partial charge in [0.15, 0.2) is 5.78 Å². The van der Waals surface area contributed by atoms with Crippen LogP contribution in [0.15, 0.2) is 72.1 Å². The molecule has 0 aromatic heterocycles. The van der Waals surface area contributed by atoms with Crippen LogP contribution in [0.5, 0.6) is 5.75 Å². The first-order valence-corrected chi connectivity index (χ1v) is 13.0. The van der Waals surface area contributed by atoms with E-state index in [1.54, 1.807) is 37.1 Å². The molecule has 0 fully saturated rings. The Hall–Kier alpha value is -3.06. The number of rotatable bonds is 8. The summed E-state index contributed by atoms with van der Waals surface area (Å²) in [6, 6.07) is 14.0. The van der Waals surface area contributed by atoms with Crippen molar-refractivity contribution < 1.29 is 23.5 Å². The number of halogens is 1. The Morgan fingerprint density at radius 1 is 1.14 bits per heavy atom. The van der Waals surface area contributed by atoms with E-state index in [1.807, 2.05) is 31.2 Å². The lowest BCUT2D eigenvalue weighted by atomic mass is 9.69. The second-order valence-electron chi connectivity index (χ2n) is 8.65. The van der Waals surface area contributed by atoms with Crippen LogP contribution in [0.25, 0.3) is 0 Å². The second kappa shape index (κ2) is 11.1. The minimum Gasteiger partial charge on any atom is -0.496 e. The molecular formula is C28H30FNO4S. The third-order valence-electron chi connectivity index (χ3n) is 6.59. The van der Waals surface area contributed by atoms with E-state index in [-0.39, 0.29) is 24.7 Å². The van der Waals surface area contributed by atoms with Gasteiger partial charge in [0.2, 0.25) is 0 Å². The Bertz CT molecular complexity index is 1160. The molecule has 2 aromatic carbocycles. The summed E-state index contributed by atoms with van der Waals surface area (Å²) in [7, 11) is 1.61. The van der Waals surface area contributed by atoms with E-state index in [0.29, 0.717) is 34.7 Å². The van der Waals surface area contributed by atoms with Crippen LogP contribution in [-0.4, -0.2) is 37.0 Å². The number of esters is 1. The van der Waals surface area contributed by atoms with Gasteiger partial charge in [-0.1, -0.05) is 49.9 Å². The number of ketones is 1. The molecule has 1 aliphatic heterocycles. The van der Waals surface area contributed by atoms with Gasteiger partial charge in [-0.15, -0.1) is 0 Å². The zero-order valence-corrected chi connectivity index (χ0v) is 20.8. The number of hydrogen-bond acceptors (Lipinski definition) is 6. The van der Waals surface area contributed by atoms with E-state index in [2.05, 4.69) is 11.9 Å². The molecular weight excluding hydrogens is 465 g/mol. The predicted octanol–water partition coefficient (Wildman–Crippen LogP) is 5.35. The Morgan fingerprint density at radius 3 is 2.57 bits per heavy atom. The maximum absolute atomic E-state index is 15.1. The smallest absolute Gasteiger partial charge is 0.315 e. The number of ether oxygens (including phenoxy) is 2. The second-order valence-corrected chi connectivity index (χ2v) is 10.0. The molecule has 5 nitrogen and oxygen atoms in total. The molecule has 0 radical (unpaired) electrons. The van der Waals surface area contributed by atoms with Crippen molar-refractivity contribution in [2.75, 3.05) is 25.2 Å². The van der Waals surface area contributed by atoms with Gasteiger partial charge in [0.05, 0.1) is 7.11 Å². The lowest BCUT2D eigenvalue weighted by Crippen LogP contribution is -2.42. The molecule has 0 spiro atoms. The van der Waals surface area contributed by atoms with Gasteiger partial charge in [-0.05, 0) is 35.4 Å². The minimum absolute atomic E-state index is 0.103. The molecule has 184 valence electrons. The van der Waals surface area contributed by atoms with Gasteiger partial charge in [-0.3, -0.25) is 9.59 Å². The Labute approximate surface area is 209 Å². The standard InChI is InChI=1S/C28H30FNO4S/c1-4-35-14-13-34-28(32)25-17(2)30-22-15-18(19-9-6-8-12-24(19)33-3)16-23(31)27(22)26(25)20-10-5-7-11-21(20)29/h5-12,18,25-26,30H,2,4,13-16H2,1,3H3. The molecule has 3 unspecified atom stereocenters. The average Bonchev–Trinajstić information content (AvgIpc) is 2.86. The minimum atomic E-state index is -0.899. The number of benzene rings is 2. The van der Waals surface area contributed by atoms with Crippen LogP contribution in [0.3, 0.4) is 0 Å². The van der Waals surface area contributed by atoms with Gasteiger partial charge in [-0.2, -0.15) is 11.8 Å². The van der Waals surface area contributed by atoms with Crippen molar-refractivity contribution in [3.63, 3.8) is 0 Å². The molecule has 0 saturated heterocycles. The molecule has 35 heavy (non-hydrogen) atoms. The molecule has 4 rings (SSSR count). The van der Waals surface area contributed by atoms with Crippen LogP contribution < -0.4 is 10.1 Å². The number of nitrogens with one attached hydrogen (secondary N) is 1. The molecule has 0 bridgehead atoms. The Balaban J connectivity index is 1.73. The van der Waals surface area contributed by atoms with Crippen LogP contribution in [-0.2, 0) is 14.3 Å². The first kappa shape index (κ1) is 25.0. The van der Waals surface area contributed by atoms with Gasteiger partial charge in [0, 0.05) is 41.0 Å². The van der Waals surface area contributed by atoms with Gasteiger partial charge in [0.25, 0.3) is 0 Å². The summed E-state index contributed by atoms with van der Waals surface area (Å²) in [5.41, 5.74) is 2.79. The van der Waals surface area contributed by atoms with Crippen molar-refractivity contribution >= 4 is 23.5 Å². The fourth-order valence-corrected chi connectivity index (χ4v) is 5.54.